The number of amides is 1. The highest BCUT2D eigenvalue weighted by atomic mass is 35.5. The van der Waals surface area contributed by atoms with Gasteiger partial charge in [0, 0.05) is 11.2 Å². The van der Waals surface area contributed by atoms with Crippen molar-refractivity contribution in [1.29, 1.82) is 0 Å². The monoisotopic (exact) mass is 523 g/mol. The van der Waals surface area contributed by atoms with Gasteiger partial charge < -0.3 is 9.15 Å². The van der Waals surface area contributed by atoms with Crippen LogP contribution in [0, 0.1) is 13.8 Å². The Hall–Kier alpha value is -3.40. The van der Waals surface area contributed by atoms with Gasteiger partial charge in [-0.2, -0.15) is 4.98 Å². The topological polar surface area (TPSA) is 77.1 Å². The summed E-state index contributed by atoms with van der Waals surface area (Å²) >= 11 is 12.7. The number of furan rings is 1. The summed E-state index contributed by atoms with van der Waals surface area (Å²) in [7, 11) is 0. The van der Waals surface area contributed by atoms with Crippen LogP contribution in [-0.2, 0) is 11.3 Å². The molecule has 0 radical (unpaired) electrons. The van der Waals surface area contributed by atoms with Gasteiger partial charge in [-0.15, -0.1) is 0 Å². The van der Waals surface area contributed by atoms with Crippen LogP contribution in [0.5, 0.6) is 11.6 Å². The highest BCUT2D eigenvalue weighted by molar-refractivity contribution is 8.26. The summed E-state index contributed by atoms with van der Waals surface area (Å²) < 4.78 is 13.2. The molecule has 1 aliphatic rings. The van der Waals surface area contributed by atoms with Crippen LogP contribution in [0.1, 0.15) is 22.5 Å². The van der Waals surface area contributed by atoms with Crippen molar-refractivity contribution >= 4 is 57.5 Å². The van der Waals surface area contributed by atoms with Crippen LogP contribution in [0.4, 0.5) is 0 Å². The third-order valence-electron chi connectivity index (χ3n) is 5.44. The number of carbonyl (C=O) groups is 1. The smallest absolute Gasteiger partial charge is 0.269 e. The van der Waals surface area contributed by atoms with Gasteiger partial charge in [0.05, 0.1) is 17.7 Å². The third kappa shape index (κ3) is 4.50. The lowest BCUT2D eigenvalue weighted by Crippen LogP contribution is -2.27. The molecule has 1 aliphatic heterocycles. The fourth-order valence-corrected chi connectivity index (χ4v) is 4.97. The Morgan fingerprint density at radius 1 is 1.17 bits per heavy atom. The minimum Gasteiger partial charge on any atom is -0.467 e. The molecule has 7 nitrogen and oxygen atoms in total. The van der Waals surface area contributed by atoms with Crippen molar-refractivity contribution in [3.63, 3.8) is 0 Å². The van der Waals surface area contributed by atoms with Crippen molar-refractivity contribution in [3.05, 3.63) is 97.7 Å². The van der Waals surface area contributed by atoms with Crippen LogP contribution in [0.2, 0.25) is 5.02 Å². The summed E-state index contributed by atoms with van der Waals surface area (Å²) in [5.74, 6) is 0.838. The summed E-state index contributed by atoms with van der Waals surface area (Å²) in [5.41, 5.74) is 1.85. The highest BCUT2D eigenvalue weighted by Gasteiger charge is 2.33. The summed E-state index contributed by atoms with van der Waals surface area (Å²) in [4.78, 5) is 33.0. The van der Waals surface area contributed by atoms with Gasteiger partial charge in [-0.25, -0.2) is 0 Å². The number of aromatic nitrogens is 2. The number of benzene rings is 1. The molecule has 0 N–H and O–H groups in total. The first-order chi connectivity index (χ1) is 16.8. The standard InChI is InChI=1S/C25H18ClN3O4S2/c1-14-5-3-9-28-21(14)27-22(33-16-7-8-19(26)15(2)11-16)18(23(28)30)12-20-24(31)29(25(34)35-20)13-17-6-4-10-32-17/h3-12H,13H2,1-2H3/b20-12+. The van der Waals surface area contributed by atoms with E-state index in [4.69, 9.17) is 33.0 Å². The number of thiocarbonyl (C=S) groups is 1. The summed E-state index contributed by atoms with van der Waals surface area (Å²) in [6.45, 7) is 3.92. The molecular weight excluding hydrogens is 506 g/mol. The van der Waals surface area contributed by atoms with E-state index in [0.29, 0.717) is 31.4 Å². The van der Waals surface area contributed by atoms with Gasteiger partial charge in [0.1, 0.15) is 27.0 Å². The predicted molar refractivity (Wildman–Crippen MR) is 140 cm³/mol. The number of carbonyl (C=O) groups excluding carboxylic acids is 1. The number of halogens is 1. The number of fused-ring (bicyclic) bond motifs is 1. The van der Waals surface area contributed by atoms with Crippen LogP contribution in [-0.4, -0.2) is 24.5 Å². The maximum atomic E-state index is 13.5. The zero-order valence-corrected chi connectivity index (χ0v) is 21.0. The zero-order chi connectivity index (χ0) is 24.7. The Morgan fingerprint density at radius 2 is 2.00 bits per heavy atom. The number of rotatable bonds is 5. The van der Waals surface area contributed by atoms with Crippen molar-refractivity contribution in [1.82, 2.24) is 14.3 Å². The van der Waals surface area contributed by atoms with Crippen LogP contribution < -0.4 is 10.3 Å². The first-order valence-electron chi connectivity index (χ1n) is 10.6. The molecule has 0 unspecified atom stereocenters. The normalized spacial score (nSPS) is 14.9. The Labute approximate surface area is 215 Å². The fourth-order valence-electron chi connectivity index (χ4n) is 3.61. The molecule has 1 fully saturated rings. The lowest BCUT2D eigenvalue weighted by atomic mass is 10.2. The van der Waals surface area contributed by atoms with Crippen LogP contribution in [0.3, 0.4) is 0 Å². The van der Waals surface area contributed by atoms with Crippen molar-refractivity contribution in [2.75, 3.05) is 0 Å². The molecule has 0 aliphatic carbocycles. The Kier molecular flexibility index (Phi) is 6.22. The van der Waals surface area contributed by atoms with Crippen molar-refractivity contribution in [3.8, 4) is 11.6 Å². The van der Waals surface area contributed by atoms with E-state index in [-0.39, 0.29) is 29.5 Å². The van der Waals surface area contributed by atoms with Gasteiger partial charge in [0.15, 0.2) is 0 Å². The van der Waals surface area contributed by atoms with Gasteiger partial charge in [0.2, 0.25) is 5.88 Å². The van der Waals surface area contributed by atoms with E-state index in [1.54, 1.807) is 42.6 Å². The Balaban J connectivity index is 1.61. The van der Waals surface area contributed by atoms with E-state index in [1.807, 2.05) is 19.9 Å². The van der Waals surface area contributed by atoms with E-state index in [1.165, 1.54) is 21.6 Å². The van der Waals surface area contributed by atoms with Gasteiger partial charge in [-0.05, 0) is 67.4 Å². The van der Waals surface area contributed by atoms with Crippen molar-refractivity contribution in [2.45, 2.75) is 20.4 Å². The first-order valence-corrected chi connectivity index (χ1v) is 12.2. The molecule has 0 spiro atoms. The molecule has 4 heterocycles. The number of ether oxygens (including phenoxy) is 1. The zero-order valence-electron chi connectivity index (χ0n) is 18.6. The molecule has 3 aromatic heterocycles. The molecule has 35 heavy (non-hydrogen) atoms. The molecule has 4 aromatic rings. The molecule has 1 saturated heterocycles. The average molecular weight is 524 g/mol. The maximum Gasteiger partial charge on any atom is 0.269 e. The number of hydrogen-bond acceptors (Lipinski definition) is 7. The van der Waals surface area contributed by atoms with Gasteiger partial charge >= 0.3 is 0 Å². The Bertz CT molecular complexity index is 1580. The summed E-state index contributed by atoms with van der Waals surface area (Å²) in [6.07, 6.45) is 4.66. The van der Waals surface area contributed by atoms with Crippen molar-refractivity contribution < 1.29 is 13.9 Å². The second-order valence-electron chi connectivity index (χ2n) is 7.88. The number of pyridine rings is 1. The Morgan fingerprint density at radius 3 is 2.74 bits per heavy atom. The lowest BCUT2D eigenvalue weighted by molar-refractivity contribution is -0.122. The largest absolute Gasteiger partial charge is 0.467 e. The van der Waals surface area contributed by atoms with Gasteiger partial charge in [0.25, 0.3) is 11.5 Å². The first kappa shape index (κ1) is 23.3. The van der Waals surface area contributed by atoms with E-state index < -0.39 is 0 Å². The van der Waals surface area contributed by atoms with Crippen LogP contribution >= 0.6 is 35.6 Å². The number of thioether (sulfide) groups is 1. The average Bonchev–Trinajstić information content (AvgIpc) is 3.43. The third-order valence-corrected chi connectivity index (χ3v) is 7.24. The molecule has 1 amide bonds. The maximum absolute atomic E-state index is 13.5. The van der Waals surface area contributed by atoms with E-state index in [9.17, 15) is 9.59 Å². The van der Waals surface area contributed by atoms with E-state index in [0.717, 1.165) is 22.9 Å². The second-order valence-corrected chi connectivity index (χ2v) is 9.96. The summed E-state index contributed by atoms with van der Waals surface area (Å²) in [5, 5.41) is 0.597. The van der Waals surface area contributed by atoms with Crippen LogP contribution in [0.25, 0.3) is 11.7 Å². The molecule has 0 atom stereocenters. The van der Waals surface area contributed by atoms with Gasteiger partial charge in [-0.1, -0.05) is 41.6 Å². The second kappa shape index (κ2) is 9.33. The minimum atomic E-state index is -0.365. The predicted octanol–water partition coefficient (Wildman–Crippen LogP) is 5.75. The number of hydrogen-bond donors (Lipinski definition) is 0. The molecule has 10 heteroatoms. The van der Waals surface area contributed by atoms with Gasteiger partial charge in [-0.3, -0.25) is 18.9 Å². The lowest BCUT2D eigenvalue weighted by Gasteiger charge is -2.13. The van der Waals surface area contributed by atoms with Crippen molar-refractivity contribution in [2.24, 2.45) is 0 Å². The minimum absolute atomic E-state index is 0.0855. The van der Waals surface area contributed by atoms with E-state index in [2.05, 4.69) is 4.98 Å². The quantitative estimate of drug-likeness (QED) is 0.243. The van der Waals surface area contributed by atoms with Crippen LogP contribution in [0.15, 0.2) is 69.0 Å². The molecule has 5 rings (SSSR count). The van der Waals surface area contributed by atoms with E-state index >= 15 is 0 Å². The molecule has 176 valence electrons. The molecule has 1 aromatic carbocycles. The number of nitrogens with zero attached hydrogens (tertiary/aromatic N) is 3. The molecular formula is C25H18ClN3O4S2. The fraction of sp³-hybridized carbons (Fsp3) is 0.120. The molecule has 0 saturated carbocycles. The number of aryl methyl sites for hydroxylation is 2. The summed E-state index contributed by atoms with van der Waals surface area (Å²) in [6, 6.07) is 12.3. The highest BCUT2D eigenvalue weighted by Crippen LogP contribution is 2.35. The SMILES string of the molecule is Cc1cc(Oc2nc3c(C)cccn3c(=O)c2/C=C2/SC(=S)N(Cc3ccco3)C2=O)ccc1Cl. The molecule has 0 bridgehead atoms.